The van der Waals surface area contributed by atoms with Crippen molar-refractivity contribution in [1.82, 2.24) is 4.98 Å². The van der Waals surface area contributed by atoms with E-state index in [1.54, 1.807) is 12.1 Å². The lowest BCUT2D eigenvalue weighted by Gasteiger charge is -2.16. The zero-order valence-electron chi connectivity index (χ0n) is 12.7. The third-order valence-corrected chi connectivity index (χ3v) is 4.83. The van der Waals surface area contributed by atoms with Gasteiger partial charge in [0.25, 0.3) is 0 Å². The monoisotopic (exact) mass is 353 g/mol. The number of carbonyl (C=O) groups is 3. The molecule has 1 aliphatic heterocycles. The van der Waals surface area contributed by atoms with E-state index in [0.29, 0.717) is 0 Å². The van der Waals surface area contributed by atoms with Crippen LogP contribution in [0.1, 0.15) is 22.3 Å². The van der Waals surface area contributed by atoms with Crippen LogP contribution in [0, 0.1) is 11.3 Å². The van der Waals surface area contributed by atoms with Crippen molar-refractivity contribution >= 4 is 35.2 Å². The number of carboxylic acid groups (broad SMARTS) is 1. The van der Waals surface area contributed by atoms with Gasteiger partial charge in [-0.2, -0.15) is 5.26 Å². The predicted octanol–water partition coefficient (Wildman–Crippen LogP) is 2.08. The summed E-state index contributed by atoms with van der Waals surface area (Å²) in [5, 5.41) is 17.8. The van der Waals surface area contributed by atoms with Gasteiger partial charge >= 0.3 is 5.97 Å². The SMILES string of the molecule is N#Cc1ccccc1N1C(=O)CC(Sc2ncccc2C(=O)O)C1=O. The van der Waals surface area contributed by atoms with Gasteiger partial charge in [0.05, 0.1) is 22.1 Å². The Balaban J connectivity index is 1.90. The van der Waals surface area contributed by atoms with Crippen LogP contribution in [0.3, 0.4) is 0 Å². The van der Waals surface area contributed by atoms with Gasteiger partial charge in [0.1, 0.15) is 11.1 Å². The maximum Gasteiger partial charge on any atom is 0.338 e. The Hall–Kier alpha value is -3.18. The molecule has 1 fully saturated rings. The molecule has 1 unspecified atom stereocenters. The minimum absolute atomic E-state index is 0.0244. The molecule has 2 amide bonds. The highest BCUT2D eigenvalue weighted by molar-refractivity contribution is 8.00. The van der Waals surface area contributed by atoms with Crippen LogP contribution in [-0.4, -0.2) is 33.1 Å². The minimum Gasteiger partial charge on any atom is -0.478 e. The molecule has 1 atom stereocenters. The van der Waals surface area contributed by atoms with Crippen molar-refractivity contribution in [1.29, 1.82) is 5.26 Å². The molecule has 0 saturated carbocycles. The summed E-state index contributed by atoms with van der Waals surface area (Å²) in [6.45, 7) is 0. The Morgan fingerprint density at radius 1 is 1.28 bits per heavy atom. The fourth-order valence-corrected chi connectivity index (χ4v) is 3.60. The van der Waals surface area contributed by atoms with Crippen LogP contribution in [0.5, 0.6) is 0 Å². The predicted molar refractivity (Wildman–Crippen MR) is 89.1 cm³/mol. The van der Waals surface area contributed by atoms with Gasteiger partial charge in [-0.05, 0) is 24.3 Å². The lowest BCUT2D eigenvalue weighted by Crippen LogP contribution is -2.31. The fourth-order valence-electron chi connectivity index (χ4n) is 2.49. The van der Waals surface area contributed by atoms with Crippen LogP contribution in [0.25, 0.3) is 0 Å². The number of imide groups is 1. The number of thioether (sulfide) groups is 1. The van der Waals surface area contributed by atoms with E-state index in [0.717, 1.165) is 16.7 Å². The minimum atomic E-state index is -1.15. The largest absolute Gasteiger partial charge is 0.478 e. The van der Waals surface area contributed by atoms with Crippen molar-refractivity contribution in [3.63, 3.8) is 0 Å². The molecule has 2 heterocycles. The first-order valence-electron chi connectivity index (χ1n) is 7.24. The first-order chi connectivity index (χ1) is 12.0. The Morgan fingerprint density at radius 3 is 2.76 bits per heavy atom. The Labute approximate surface area is 146 Å². The quantitative estimate of drug-likeness (QED) is 0.838. The van der Waals surface area contributed by atoms with Gasteiger partial charge < -0.3 is 5.11 Å². The zero-order valence-corrected chi connectivity index (χ0v) is 13.6. The first kappa shape index (κ1) is 16.7. The number of aromatic nitrogens is 1. The van der Waals surface area contributed by atoms with Crippen molar-refractivity contribution in [3.05, 3.63) is 53.7 Å². The number of pyridine rings is 1. The number of amides is 2. The van der Waals surface area contributed by atoms with Gasteiger partial charge in [0.2, 0.25) is 11.8 Å². The number of carboxylic acids is 1. The topological polar surface area (TPSA) is 111 Å². The van der Waals surface area contributed by atoms with Crippen LogP contribution in [0.2, 0.25) is 0 Å². The third-order valence-electron chi connectivity index (χ3n) is 3.63. The van der Waals surface area contributed by atoms with Crippen molar-refractivity contribution in [2.45, 2.75) is 16.7 Å². The summed E-state index contributed by atoms with van der Waals surface area (Å²) in [7, 11) is 0. The van der Waals surface area contributed by atoms with E-state index < -0.39 is 23.0 Å². The number of aromatic carboxylic acids is 1. The molecule has 1 aliphatic rings. The molecule has 0 radical (unpaired) electrons. The van der Waals surface area contributed by atoms with E-state index in [-0.39, 0.29) is 28.3 Å². The Morgan fingerprint density at radius 2 is 2.04 bits per heavy atom. The van der Waals surface area contributed by atoms with E-state index in [9.17, 15) is 24.8 Å². The van der Waals surface area contributed by atoms with E-state index in [1.807, 2.05) is 6.07 Å². The number of anilines is 1. The van der Waals surface area contributed by atoms with Crippen LogP contribution in [0.15, 0.2) is 47.6 Å². The molecular formula is C17H11N3O4S. The number of nitrogens with zero attached hydrogens (tertiary/aromatic N) is 3. The number of benzene rings is 1. The molecule has 8 heteroatoms. The molecule has 1 saturated heterocycles. The van der Waals surface area contributed by atoms with Crippen LogP contribution in [0.4, 0.5) is 5.69 Å². The fraction of sp³-hybridized carbons (Fsp3) is 0.118. The number of rotatable bonds is 4. The first-order valence-corrected chi connectivity index (χ1v) is 8.11. The molecule has 0 bridgehead atoms. The molecule has 0 spiro atoms. The zero-order chi connectivity index (χ0) is 18.0. The molecule has 2 aromatic rings. The lowest BCUT2D eigenvalue weighted by atomic mass is 10.2. The average molecular weight is 353 g/mol. The summed E-state index contributed by atoms with van der Waals surface area (Å²) in [5.41, 5.74) is 0.435. The van der Waals surface area contributed by atoms with Crippen molar-refractivity contribution in [2.24, 2.45) is 0 Å². The summed E-state index contributed by atoms with van der Waals surface area (Å²) in [6, 6.07) is 11.2. The van der Waals surface area contributed by atoms with Crippen molar-refractivity contribution in [2.75, 3.05) is 4.90 Å². The maximum absolute atomic E-state index is 12.7. The smallest absolute Gasteiger partial charge is 0.338 e. The highest BCUT2D eigenvalue weighted by Crippen LogP contribution is 2.35. The van der Waals surface area contributed by atoms with E-state index in [4.69, 9.17) is 0 Å². The van der Waals surface area contributed by atoms with E-state index >= 15 is 0 Å². The number of nitriles is 1. The van der Waals surface area contributed by atoms with Gasteiger partial charge in [0, 0.05) is 12.6 Å². The van der Waals surface area contributed by atoms with E-state index in [1.165, 1.54) is 30.5 Å². The Bertz CT molecular complexity index is 922. The summed E-state index contributed by atoms with van der Waals surface area (Å²) < 4.78 is 0. The average Bonchev–Trinajstić information content (AvgIpc) is 2.88. The van der Waals surface area contributed by atoms with Crippen molar-refractivity contribution in [3.8, 4) is 6.07 Å². The number of carbonyl (C=O) groups excluding carboxylic acids is 2. The molecule has 1 aromatic carbocycles. The van der Waals surface area contributed by atoms with Crippen molar-refractivity contribution < 1.29 is 19.5 Å². The van der Waals surface area contributed by atoms with Crippen LogP contribution in [-0.2, 0) is 9.59 Å². The second-order valence-electron chi connectivity index (χ2n) is 5.17. The van der Waals surface area contributed by atoms with Gasteiger partial charge in [-0.15, -0.1) is 0 Å². The van der Waals surface area contributed by atoms with E-state index in [2.05, 4.69) is 4.98 Å². The number of para-hydroxylation sites is 1. The van der Waals surface area contributed by atoms with Crippen LogP contribution < -0.4 is 4.90 Å². The summed E-state index contributed by atoms with van der Waals surface area (Å²) in [6.07, 6.45) is 1.34. The molecule has 25 heavy (non-hydrogen) atoms. The molecule has 1 aromatic heterocycles. The summed E-state index contributed by atoms with van der Waals surface area (Å²) >= 11 is 0.943. The highest BCUT2D eigenvalue weighted by Gasteiger charge is 2.41. The number of hydrogen-bond acceptors (Lipinski definition) is 6. The molecule has 124 valence electrons. The highest BCUT2D eigenvalue weighted by atomic mass is 32.2. The third kappa shape index (κ3) is 3.09. The van der Waals surface area contributed by atoms with Gasteiger partial charge in [0.15, 0.2) is 0 Å². The second kappa shape index (κ2) is 6.75. The second-order valence-corrected chi connectivity index (χ2v) is 6.36. The van der Waals surface area contributed by atoms with Gasteiger partial charge in [-0.25, -0.2) is 14.7 Å². The standard InChI is InChI=1S/C17H11N3O4S/c18-9-10-4-1-2-6-12(10)20-14(21)8-13(16(20)22)25-15-11(17(23)24)5-3-7-19-15/h1-7,13H,8H2,(H,23,24). The molecule has 1 N–H and O–H groups in total. The van der Waals surface area contributed by atoms with Gasteiger partial charge in [-0.1, -0.05) is 23.9 Å². The normalized spacial score (nSPS) is 16.8. The lowest BCUT2D eigenvalue weighted by molar-refractivity contribution is -0.121. The maximum atomic E-state index is 12.7. The molecular weight excluding hydrogens is 342 g/mol. The molecule has 3 rings (SSSR count). The Kier molecular flexibility index (Phi) is 4.50. The number of hydrogen-bond donors (Lipinski definition) is 1. The molecule has 7 nitrogen and oxygen atoms in total. The molecule has 0 aliphatic carbocycles. The van der Waals surface area contributed by atoms with Crippen LogP contribution >= 0.6 is 11.8 Å². The summed E-state index contributed by atoms with van der Waals surface area (Å²) in [5.74, 6) is -2.07. The van der Waals surface area contributed by atoms with Gasteiger partial charge in [-0.3, -0.25) is 9.59 Å². The summed E-state index contributed by atoms with van der Waals surface area (Å²) in [4.78, 5) is 41.2.